The lowest BCUT2D eigenvalue weighted by atomic mass is 10.1. The molecule has 0 aromatic carbocycles. The number of rotatable bonds is 3. The molecule has 110 valence electrons. The number of halogens is 1. The van der Waals surface area contributed by atoms with E-state index in [1.165, 1.54) is 0 Å². The van der Waals surface area contributed by atoms with Crippen LogP contribution in [0.1, 0.15) is 17.4 Å². The number of carbonyl (C=O) groups excluding carboxylic acids is 2. The first-order chi connectivity index (χ1) is 9.54. The number of amides is 2. The van der Waals surface area contributed by atoms with Gasteiger partial charge in [0.1, 0.15) is 11.7 Å². The highest BCUT2D eigenvalue weighted by molar-refractivity contribution is 6.31. The van der Waals surface area contributed by atoms with Crippen LogP contribution in [0, 0.1) is 0 Å². The predicted molar refractivity (Wildman–Crippen MR) is 76.8 cm³/mol. The molecule has 1 unspecified atom stereocenters. The number of nitrogens with zero attached hydrogens (tertiary/aromatic N) is 2. The summed E-state index contributed by atoms with van der Waals surface area (Å²) in [4.78, 5) is 26.3. The number of nitrogens with one attached hydrogen (secondary N) is 2. The molecule has 1 fully saturated rings. The SMILES string of the molecule is CCNC(=O)C1CNCCN1C(=O)c1cc(Cl)cn1C. The van der Waals surface area contributed by atoms with E-state index in [4.69, 9.17) is 11.6 Å². The van der Waals surface area contributed by atoms with Gasteiger partial charge in [0.05, 0.1) is 5.02 Å². The van der Waals surface area contributed by atoms with E-state index in [1.807, 2.05) is 6.92 Å². The van der Waals surface area contributed by atoms with E-state index >= 15 is 0 Å². The van der Waals surface area contributed by atoms with Gasteiger partial charge in [-0.1, -0.05) is 11.6 Å². The number of hydrogen-bond acceptors (Lipinski definition) is 3. The molecule has 0 spiro atoms. The van der Waals surface area contributed by atoms with Crippen LogP contribution in [0.4, 0.5) is 0 Å². The van der Waals surface area contributed by atoms with Crippen LogP contribution >= 0.6 is 11.6 Å². The van der Waals surface area contributed by atoms with Crippen LogP contribution < -0.4 is 10.6 Å². The molecule has 0 radical (unpaired) electrons. The predicted octanol–water partition coefficient (Wildman–Crippen LogP) is 0.229. The van der Waals surface area contributed by atoms with Gasteiger partial charge >= 0.3 is 0 Å². The van der Waals surface area contributed by atoms with Crippen molar-refractivity contribution in [3.05, 3.63) is 23.0 Å². The van der Waals surface area contributed by atoms with Crippen LogP contribution in [-0.4, -0.2) is 53.5 Å². The number of aromatic nitrogens is 1. The molecule has 2 N–H and O–H groups in total. The van der Waals surface area contributed by atoms with Gasteiger partial charge in [-0.2, -0.15) is 0 Å². The van der Waals surface area contributed by atoms with Crippen molar-refractivity contribution in [1.82, 2.24) is 20.1 Å². The van der Waals surface area contributed by atoms with Crippen molar-refractivity contribution in [3.8, 4) is 0 Å². The summed E-state index contributed by atoms with van der Waals surface area (Å²) >= 11 is 5.91. The van der Waals surface area contributed by atoms with Crippen molar-refractivity contribution in [1.29, 1.82) is 0 Å². The van der Waals surface area contributed by atoms with Gasteiger partial charge in [0.2, 0.25) is 5.91 Å². The highest BCUT2D eigenvalue weighted by Gasteiger charge is 2.33. The summed E-state index contributed by atoms with van der Waals surface area (Å²) in [7, 11) is 1.77. The summed E-state index contributed by atoms with van der Waals surface area (Å²) in [5, 5.41) is 6.42. The minimum atomic E-state index is -0.482. The molecule has 0 bridgehead atoms. The minimum absolute atomic E-state index is 0.131. The molecule has 1 atom stereocenters. The molecule has 1 aromatic rings. The molecule has 7 heteroatoms. The van der Waals surface area contributed by atoms with Gasteiger partial charge in [0, 0.05) is 39.4 Å². The lowest BCUT2D eigenvalue weighted by Crippen LogP contribution is -2.59. The molecular weight excluding hydrogens is 280 g/mol. The molecule has 1 aliphatic heterocycles. The van der Waals surface area contributed by atoms with E-state index in [9.17, 15) is 9.59 Å². The average Bonchev–Trinajstić information content (AvgIpc) is 2.77. The zero-order valence-corrected chi connectivity index (χ0v) is 12.4. The van der Waals surface area contributed by atoms with Crippen LogP contribution in [0.5, 0.6) is 0 Å². The highest BCUT2D eigenvalue weighted by Crippen LogP contribution is 2.16. The Bertz CT molecular complexity index is 514. The van der Waals surface area contributed by atoms with E-state index in [0.717, 1.165) is 0 Å². The van der Waals surface area contributed by atoms with Crippen molar-refractivity contribution in [3.63, 3.8) is 0 Å². The molecule has 0 saturated carbocycles. The Kier molecular flexibility index (Phi) is 4.67. The fourth-order valence-corrected chi connectivity index (χ4v) is 2.61. The van der Waals surface area contributed by atoms with Gasteiger partial charge in [0.15, 0.2) is 0 Å². The number of aryl methyl sites for hydroxylation is 1. The minimum Gasteiger partial charge on any atom is -0.355 e. The smallest absolute Gasteiger partial charge is 0.271 e. The van der Waals surface area contributed by atoms with Gasteiger partial charge in [-0.05, 0) is 13.0 Å². The second-order valence-corrected chi connectivity index (χ2v) is 5.20. The van der Waals surface area contributed by atoms with Crippen molar-refractivity contribution in [2.45, 2.75) is 13.0 Å². The van der Waals surface area contributed by atoms with Crippen molar-refractivity contribution in [2.75, 3.05) is 26.2 Å². The summed E-state index contributed by atoms with van der Waals surface area (Å²) in [6.45, 7) is 4.06. The van der Waals surface area contributed by atoms with Crippen LogP contribution in [0.3, 0.4) is 0 Å². The Hall–Kier alpha value is -1.53. The molecule has 0 aliphatic carbocycles. The molecule has 6 nitrogen and oxygen atoms in total. The first-order valence-corrected chi connectivity index (χ1v) is 7.03. The number of carbonyl (C=O) groups is 2. The van der Waals surface area contributed by atoms with Crippen molar-refractivity contribution in [2.24, 2.45) is 7.05 Å². The van der Waals surface area contributed by atoms with Crippen LogP contribution in [-0.2, 0) is 11.8 Å². The Balaban J connectivity index is 2.21. The lowest BCUT2D eigenvalue weighted by molar-refractivity contribution is -0.126. The summed E-state index contributed by atoms with van der Waals surface area (Å²) in [6.07, 6.45) is 1.68. The zero-order chi connectivity index (χ0) is 14.7. The summed E-state index contributed by atoms with van der Waals surface area (Å²) < 4.78 is 1.68. The quantitative estimate of drug-likeness (QED) is 0.839. The van der Waals surface area contributed by atoms with E-state index in [0.29, 0.717) is 36.9 Å². The summed E-state index contributed by atoms with van der Waals surface area (Å²) in [6, 6.07) is 1.14. The first-order valence-electron chi connectivity index (χ1n) is 6.65. The molecule has 1 aliphatic rings. The van der Waals surface area contributed by atoms with Crippen molar-refractivity contribution < 1.29 is 9.59 Å². The Morgan fingerprint density at radius 2 is 2.30 bits per heavy atom. The molecule has 20 heavy (non-hydrogen) atoms. The largest absolute Gasteiger partial charge is 0.355 e. The van der Waals surface area contributed by atoms with Crippen LogP contribution in [0.15, 0.2) is 12.3 Å². The fourth-order valence-electron chi connectivity index (χ4n) is 2.36. The second-order valence-electron chi connectivity index (χ2n) is 4.77. The third-order valence-corrected chi connectivity index (χ3v) is 3.56. The normalized spacial score (nSPS) is 18.9. The fraction of sp³-hybridized carbons (Fsp3) is 0.538. The second kappa shape index (κ2) is 6.28. The van der Waals surface area contributed by atoms with E-state index in [-0.39, 0.29) is 11.8 Å². The van der Waals surface area contributed by atoms with E-state index in [2.05, 4.69) is 10.6 Å². The molecule has 2 heterocycles. The maximum absolute atomic E-state index is 12.6. The summed E-state index contributed by atoms with van der Waals surface area (Å²) in [5.41, 5.74) is 0.492. The monoisotopic (exact) mass is 298 g/mol. The zero-order valence-electron chi connectivity index (χ0n) is 11.6. The van der Waals surface area contributed by atoms with Gasteiger partial charge in [-0.3, -0.25) is 9.59 Å². The van der Waals surface area contributed by atoms with Crippen LogP contribution in [0.2, 0.25) is 5.02 Å². The Morgan fingerprint density at radius 3 is 2.90 bits per heavy atom. The number of hydrogen-bond donors (Lipinski definition) is 2. The number of likely N-dealkylation sites (N-methyl/N-ethyl adjacent to an activating group) is 1. The first kappa shape index (κ1) is 14.9. The van der Waals surface area contributed by atoms with E-state index < -0.39 is 6.04 Å². The molecule has 2 rings (SSSR count). The maximum Gasteiger partial charge on any atom is 0.271 e. The summed E-state index contributed by atoms with van der Waals surface area (Å²) in [5.74, 6) is -0.300. The Morgan fingerprint density at radius 1 is 1.55 bits per heavy atom. The molecular formula is C13H19ClN4O2. The lowest BCUT2D eigenvalue weighted by Gasteiger charge is -2.35. The van der Waals surface area contributed by atoms with Gasteiger partial charge in [-0.15, -0.1) is 0 Å². The maximum atomic E-state index is 12.6. The molecule has 2 amide bonds. The molecule has 1 aromatic heterocycles. The third kappa shape index (κ3) is 2.96. The number of piperazine rings is 1. The molecule has 1 saturated heterocycles. The van der Waals surface area contributed by atoms with Crippen molar-refractivity contribution >= 4 is 23.4 Å². The standard InChI is InChI=1S/C13H19ClN4O2/c1-3-16-12(19)11-7-15-4-5-18(11)13(20)10-6-9(14)8-17(10)2/h6,8,11,15H,3-5,7H2,1-2H3,(H,16,19). The third-order valence-electron chi connectivity index (χ3n) is 3.35. The van der Waals surface area contributed by atoms with Gasteiger partial charge in [0.25, 0.3) is 5.91 Å². The average molecular weight is 299 g/mol. The topological polar surface area (TPSA) is 66.4 Å². The highest BCUT2D eigenvalue weighted by atomic mass is 35.5. The van der Waals surface area contributed by atoms with Gasteiger partial charge in [-0.25, -0.2) is 0 Å². The van der Waals surface area contributed by atoms with Crippen LogP contribution in [0.25, 0.3) is 0 Å². The van der Waals surface area contributed by atoms with E-state index in [1.54, 1.807) is 28.8 Å². The Labute approximate surface area is 123 Å². The van der Waals surface area contributed by atoms with Gasteiger partial charge < -0.3 is 20.1 Å².